The van der Waals surface area contributed by atoms with Gasteiger partial charge in [-0.1, -0.05) is 11.6 Å². The van der Waals surface area contributed by atoms with Crippen molar-refractivity contribution >= 4 is 35.1 Å². The summed E-state index contributed by atoms with van der Waals surface area (Å²) in [5, 5.41) is 3.08. The zero-order chi connectivity index (χ0) is 17.7. The van der Waals surface area contributed by atoms with Crippen LogP contribution in [0.4, 0.5) is 5.69 Å². The zero-order valence-corrected chi connectivity index (χ0v) is 14.3. The summed E-state index contributed by atoms with van der Waals surface area (Å²) in [4.78, 5) is 36.5. The van der Waals surface area contributed by atoms with Crippen LogP contribution in [-0.2, 0) is 19.1 Å². The fourth-order valence-electron chi connectivity index (χ4n) is 1.95. The molecule has 0 radical (unpaired) electrons. The molecular weight excluding hydrogens is 336 g/mol. The van der Waals surface area contributed by atoms with E-state index in [0.717, 1.165) is 12.8 Å². The molecule has 2 amide bonds. The predicted octanol–water partition coefficient (Wildman–Crippen LogP) is 1.70. The van der Waals surface area contributed by atoms with Gasteiger partial charge in [0.05, 0.1) is 25.3 Å². The fourth-order valence-corrected chi connectivity index (χ4v) is 2.12. The Morgan fingerprint density at radius 1 is 1.33 bits per heavy atom. The number of rotatable bonds is 7. The van der Waals surface area contributed by atoms with Crippen molar-refractivity contribution in [3.63, 3.8) is 0 Å². The quantitative estimate of drug-likeness (QED) is 0.753. The highest BCUT2D eigenvalue weighted by Crippen LogP contribution is 2.30. The number of nitrogens with zero attached hydrogens (tertiary/aromatic N) is 1. The van der Waals surface area contributed by atoms with Crippen LogP contribution >= 0.6 is 11.6 Å². The molecule has 1 aromatic carbocycles. The number of ether oxygens (including phenoxy) is 2. The maximum atomic E-state index is 12.1. The van der Waals surface area contributed by atoms with Crippen LogP contribution in [0.1, 0.15) is 12.8 Å². The molecule has 0 heterocycles. The summed E-state index contributed by atoms with van der Waals surface area (Å²) in [6, 6.07) is 4.82. The van der Waals surface area contributed by atoms with Crippen LogP contribution in [-0.4, -0.2) is 50.0 Å². The Labute approximate surface area is 144 Å². The smallest absolute Gasteiger partial charge is 0.309 e. The number of likely N-dealkylation sites (N-methyl/N-ethyl adjacent to an activating group) is 1. The monoisotopic (exact) mass is 354 g/mol. The van der Waals surface area contributed by atoms with E-state index in [0.29, 0.717) is 16.5 Å². The topological polar surface area (TPSA) is 84.9 Å². The second-order valence-electron chi connectivity index (χ2n) is 5.52. The number of carbonyl (C=O) groups excluding carboxylic acids is 3. The van der Waals surface area contributed by atoms with Gasteiger partial charge >= 0.3 is 5.97 Å². The van der Waals surface area contributed by atoms with Gasteiger partial charge in [0.1, 0.15) is 5.75 Å². The van der Waals surface area contributed by atoms with Gasteiger partial charge in [0, 0.05) is 12.1 Å². The summed E-state index contributed by atoms with van der Waals surface area (Å²) >= 11 is 5.90. The first-order chi connectivity index (χ1) is 11.4. The number of halogens is 1. The Morgan fingerprint density at radius 2 is 2.04 bits per heavy atom. The van der Waals surface area contributed by atoms with E-state index >= 15 is 0 Å². The van der Waals surface area contributed by atoms with Gasteiger partial charge in [-0.25, -0.2) is 0 Å². The second kappa shape index (κ2) is 8.01. The first-order valence-corrected chi connectivity index (χ1v) is 7.82. The summed E-state index contributed by atoms with van der Waals surface area (Å²) in [7, 11) is 2.94. The predicted molar refractivity (Wildman–Crippen MR) is 88.0 cm³/mol. The van der Waals surface area contributed by atoms with Crippen molar-refractivity contribution in [2.75, 3.05) is 32.6 Å². The minimum absolute atomic E-state index is 0.0679. The Hall–Kier alpha value is -2.28. The summed E-state index contributed by atoms with van der Waals surface area (Å²) in [5.74, 6) is -0.830. The van der Waals surface area contributed by atoms with Gasteiger partial charge in [0.15, 0.2) is 6.61 Å². The molecule has 0 aromatic heterocycles. The largest absolute Gasteiger partial charge is 0.495 e. The van der Waals surface area contributed by atoms with Gasteiger partial charge in [-0.2, -0.15) is 0 Å². The average molecular weight is 355 g/mol. The standard InChI is InChI=1S/C16H19ClN2O5/c1-19(15(21)9-24-16(22)10-3-4-10)8-14(20)18-12-7-11(17)5-6-13(12)23-2/h5-7,10H,3-4,8-9H2,1-2H3,(H,18,20). The van der Waals surface area contributed by atoms with Crippen molar-refractivity contribution in [2.24, 2.45) is 5.92 Å². The number of esters is 1. The number of carbonyl (C=O) groups is 3. The molecule has 1 aliphatic carbocycles. The Bertz CT molecular complexity index is 645. The van der Waals surface area contributed by atoms with Gasteiger partial charge < -0.3 is 19.7 Å². The van der Waals surface area contributed by atoms with Crippen LogP contribution in [0.5, 0.6) is 5.75 Å². The lowest BCUT2D eigenvalue weighted by molar-refractivity contribution is -0.152. The lowest BCUT2D eigenvalue weighted by atomic mass is 10.3. The molecule has 1 aliphatic rings. The van der Waals surface area contributed by atoms with Crippen molar-refractivity contribution in [3.05, 3.63) is 23.2 Å². The van der Waals surface area contributed by atoms with Crippen molar-refractivity contribution < 1.29 is 23.9 Å². The highest BCUT2D eigenvalue weighted by Gasteiger charge is 2.31. The molecule has 0 spiro atoms. The average Bonchev–Trinajstić information content (AvgIpc) is 3.37. The number of amides is 2. The Morgan fingerprint density at radius 3 is 2.67 bits per heavy atom. The molecule has 0 aliphatic heterocycles. The zero-order valence-electron chi connectivity index (χ0n) is 13.5. The van der Waals surface area contributed by atoms with E-state index in [2.05, 4.69) is 5.32 Å². The molecule has 0 unspecified atom stereocenters. The SMILES string of the molecule is COc1ccc(Cl)cc1NC(=O)CN(C)C(=O)COC(=O)C1CC1. The van der Waals surface area contributed by atoms with Gasteiger partial charge in [-0.05, 0) is 31.0 Å². The van der Waals surface area contributed by atoms with Crippen molar-refractivity contribution in [1.29, 1.82) is 0 Å². The lowest BCUT2D eigenvalue weighted by Gasteiger charge is -2.17. The minimum atomic E-state index is -0.447. The summed E-state index contributed by atoms with van der Waals surface area (Å²) < 4.78 is 10.0. The number of anilines is 1. The van der Waals surface area contributed by atoms with Crippen molar-refractivity contribution in [2.45, 2.75) is 12.8 Å². The minimum Gasteiger partial charge on any atom is -0.495 e. The second-order valence-corrected chi connectivity index (χ2v) is 5.96. The molecule has 0 saturated heterocycles. The van der Waals surface area contributed by atoms with Crippen molar-refractivity contribution in [1.82, 2.24) is 4.90 Å². The molecule has 0 bridgehead atoms. The molecule has 1 aromatic rings. The van der Waals surface area contributed by atoms with E-state index in [4.69, 9.17) is 21.1 Å². The lowest BCUT2D eigenvalue weighted by Crippen LogP contribution is -2.37. The first kappa shape index (κ1) is 18.1. The Kier molecular flexibility index (Phi) is 6.03. The van der Waals surface area contributed by atoms with Crippen LogP contribution < -0.4 is 10.1 Å². The summed E-state index contributed by atoms with van der Waals surface area (Å²) in [6.07, 6.45) is 1.62. The van der Waals surface area contributed by atoms with E-state index in [1.54, 1.807) is 18.2 Å². The third kappa shape index (κ3) is 5.13. The number of hydrogen-bond donors (Lipinski definition) is 1. The van der Waals surface area contributed by atoms with Crippen LogP contribution in [0.15, 0.2) is 18.2 Å². The van der Waals surface area contributed by atoms with Gasteiger partial charge in [0.2, 0.25) is 5.91 Å². The van der Waals surface area contributed by atoms with E-state index < -0.39 is 11.8 Å². The molecule has 0 atom stereocenters. The highest BCUT2D eigenvalue weighted by atomic mass is 35.5. The summed E-state index contributed by atoms with van der Waals surface area (Å²) in [6.45, 7) is -0.547. The molecular formula is C16H19ClN2O5. The molecule has 2 rings (SSSR count). The normalized spacial score (nSPS) is 13.1. The first-order valence-electron chi connectivity index (χ1n) is 7.44. The molecule has 1 fully saturated rings. The maximum Gasteiger partial charge on any atom is 0.309 e. The third-order valence-corrected chi connectivity index (χ3v) is 3.73. The van der Waals surface area contributed by atoms with Gasteiger partial charge in [-0.15, -0.1) is 0 Å². The molecule has 24 heavy (non-hydrogen) atoms. The van der Waals surface area contributed by atoms with Crippen LogP contribution in [0.3, 0.4) is 0 Å². The highest BCUT2D eigenvalue weighted by molar-refractivity contribution is 6.31. The number of methoxy groups -OCH3 is 1. The van der Waals surface area contributed by atoms with E-state index in [-0.39, 0.29) is 25.0 Å². The molecule has 1 N–H and O–H groups in total. The third-order valence-electron chi connectivity index (χ3n) is 3.49. The number of hydrogen-bond acceptors (Lipinski definition) is 5. The van der Waals surface area contributed by atoms with Gasteiger partial charge in [0.25, 0.3) is 5.91 Å². The Balaban J connectivity index is 1.83. The van der Waals surface area contributed by atoms with Crippen LogP contribution in [0.2, 0.25) is 5.02 Å². The van der Waals surface area contributed by atoms with E-state index in [1.165, 1.54) is 19.1 Å². The van der Waals surface area contributed by atoms with E-state index in [9.17, 15) is 14.4 Å². The maximum absolute atomic E-state index is 12.1. The molecule has 1 saturated carbocycles. The fraction of sp³-hybridized carbons (Fsp3) is 0.438. The number of nitrogens with one attached hydrogen (secondary N) is 1. The molecule has 8 heteroatoms. The van der Waals surface area contributed by atoms with Crippen LogP contribution in [0.25, 0.3) is 0 Å². The number of benzene rings is 1. The van der Waals surface area contributed by atoms with Gasteiger partial charge in [-0.3, -0.25) is 14.4 Å². The van der Waals surface area contributed by atoms with Crippen molar-refractivity contribution in [3.8, 4) is 5.75 Å². The molecule has 130 valence electrons. The summed E-state index contributed by atoms with van der Waals surface area (Å²) in [5.41, 5.74) is 0.413. The van der Waals surface area contributed by atoms with Crippen LogP contribution in [0, 0.1) is 5.92 Å². The van der Waals surface area contributed by atoms with E-state index in [1.807, 2.05) is 0 Å². The molecule has 7 nitrogen and oxygen atoms in total.